The van der Waals surface area contributed by atoms with Crippen molar-refractivity contribution in [1.29, 1.82) is 0 Å². The standard InChI is InChI=1S/C23H24ClN3O4S/c1-15-18(24)7-8-19-20(15)25-23(32-19)27(10-9-26-11-13-31-14-12-26)21(28)16-3-5-17(6-4-16)22(29)30-2/h3-8H,9-14H2,1-2H3. The van der Waals surface area contributed by atoms with E-state index in [9.17, 15) is 9.59 Å². The van der Waals surface area contributed by atoms with Crippen LogP contribution in [0.4, 0.5) is 5.13 Å². The van der Waals surface area contributed by atoms with Crippen molar-refractivity contribution in [3.63, 3.8) is 0 Å². The highest BCUT2D eigenvalue weighted by atomic mass is 35.5. The molecule has 0 aliphatic carbocycles. The molecule has 0 bridgehead atoms. The number of rotatable bonds is 6. The number of fused-ring (bicyclic) bond motifs is 1. The Bertz CT molecular complexity index is 1130. The molecule has 168 valence electrons. The van der Waals surface area contributed by atoms with E-state index in [1.807, 2.05) is 19.1 Å². The molecule has 0 saturated carbocycles. The van der Waals surface area contributed by atoms with Crippen LogP contribution >= 0.6 is 22.9 Å². The molecule has 1 fully saturated rings. The fourth-order valence-corrected chi connectivity index (χ4v) is 4.78. The van der Waals surface area contributed by atoms with Crippen LogP contribution in [0.25, 0.3) is 10.2 Å². The summed E-state index contributed by atoms with van der Waals surface area (Å²) in [6.07, 6.45) is 0. The molecule has 0 atom stereocenters. The second-order valence-corrected chi connectivity index (χ2v) is 8.91. The van der Waals surface area contributed by atoms with Crippen molar-refractivity contribution in [3.8, 4) is 0 Å². The summed E-state index contributed by atoms with van der Waals surface area (Å²) in [5, 5.41) is 1.28. The molecule has 0 spiro atoms. The van der Waals surface area contributed by atoms with Gasteiger partial charge in [-0.1, -0.05) is 22.9 Å². The van der Waals surface area contributed by atoms with Crippen molar-refractivity contribution in [3.05, 3.63) is 58.1 Å². The van der Waals surface area contributed by atoms with Crippen LogP contribution in [0.15, 0.2) is 36.4 Å². The Labute approximate surface area is 195 Å². The fourth-order valence-electron chi connectivity index (χ4n) is 3.58. The highest BCUT2D eigenvalue weighted by Crippen LogP contribution is 2.34. The largest absolute Gasteiger partial charge is 0.465 e. The van der Waals surface area contributed by atoms with Gasteiger partial charge < -0.3 is 9.47 Å². The summed E-state index contributed by atoms with van der Waals surface area (Å²) in [6, 6.07) is 10.3. The van der Waals surface area contributed by atoms with Crippen LogP contribution in [0.5, 0.6) is 0 Å². The van der Waals surface area contributed by atoms with Crippen molar-refractivity contribution in [1.82, 2.24) is 9.88 Å². The predicted molar refractivity (Wildman–Crippen MR) is 126 cm³/mol. The van der Waals surface area contributed by atoms with Gasteiger partial charge in [0.1, 0.15) is 0 Å². The Morgan fingerprint density at radius 3 is 2.53 bits per heavy atom. The first-order valence-electron chi connectivity index (χ1n) is 10.3. The average Bonchev–Trinajstić information content (AvgIpc) is 3.26. The fraction of sp³-hybridized carbons (Fsp3) is 0.348. The first-order chi connectivity index (χ1) is 15.5. The lowest BCUT2D eigenvalue weighted by molar-refractivity contribution is 0.0391. The number of amides is 1. The highest BCUT2D eigenvalue weighted by molar-refractivity contribution is 7.22. The number of anilines is 1. The normalized spacial score (nSPS) is 14.5. The maximum absolute atomic E-state index is 13.5. The van der Waals surface area contributed by atoms with E-state index in [0.717, 1.165) is 28.9 Å². The van der Waals surface area contributed by atoms with Gasteiger partial charge in [0.2, 0.25) is 0 Å². The van der Waals surface area contributed by atoms with Gasteiger partial charge in [-0.15, -0.1) is 0 Å². The van der Waals surface area contributed by atoms with Gasteiger partial charge in [-0.2, -0.15) is 0 Å². The third-order valence-corrected chi connectivity index (χ3v) is 6.96. The summed E-state index contributed by atoms with van der Waals surface area (Å²) >= 11 is 7.75. The number of hydrogen-bond donors (Lipinski definition) is 0. The number of thiazole rings is 1. The number of carbonyl (C=O) groups is 2. The second kappa shape index (κ2) is 9.95. The van der Waals surface area contributed by atoms with E-state index in [0.29, 0.717) is 47.6 Å². The van der Waals surface area contributed by atoms with E-state index in [-0.39, 0.29) is 5.91 Å². The number of methoxy groups -OCH3 is 1. The number of benzene rings is 2. The molecule has 2 aromatic carbocycles. The SMILES string of the molecule is COC(=O)c1ccc(C(=O)N(CCN2CCOCC2)c2nc3c(C)c(Cl)ccc3s2)cc1. The molecule has 0 unspecified atom stereocenters. The minimum Gasteiger partial charge on any atom is -0.465 e. The molecule has 1 aromatic heterocycles. The molecule has 0 radical (unpaired) electrons. The van der Waals surface area contributed by atoms with Crippen LogP contribution in [0.1, 0.15) is 26.3 Å². The van der Waals surface area contributed by atoms with Crippen LogP contribution in [0.2, 0.25) is 5.02 Å². The zero-order valence-corrected chi connectivity index (χ0v) is 19.5. The molecular weight excluding hydrogens is 450 g/mol. The number of nitrogens with zero attached hydrogens (tertiary/aromatic N) is 3. The monoisotopic (exact) mass is 473 g/mol. The Morgan fingerprint density at radius 1 is 1.16 bits per heavy atom. The molecule has 3 aromatic rings. The summed E-state index contributed by atoms with van der Waals surface area (Å²) in [5.74, 6) is -0.607. The van der Waals surface area contributed by atoms with Crippen LogP contribution in [0, 0.1) is 6.92 Å². The van der Waals surface area contributed by atoms with Gasteiger partial charge in [0.25, 0.3) is 5.91 Å². The summed E-state index contributed by atoms with van der Waals surface area (Å²) in [5.41, 5.74) is 2.58. The number of hydrogen-bond acceptors (Lipinski definition) is 7. The number of aryl methyl sites for hydroxylation is 1. The van der Waals surface area contributed by atoms with E-state index >= 15 is 0 Å². The second-order valence-electron chi connectivity index (χ2n) is 7.50. The molecule has 1 amide bonds. The Kier molecular flexibility index (Phi) is 7.05. The number of esters is 1. The zero-order valence-electron chi connectivity index (χ0n) is 18.0. The van der Waals surface area contributed by atoms with Gasteiger partial charge >= 0.3 is 5.97 Å². The van der Waals surface area contributed by atoms with E-state index < -0.39 is 5.97 Å². The van der Waals surface area contributed by atoms with E-state index in [4.69, 9.17) is 26.1 Å². The zero-order chi connectivity index (χ0) is 22.7. The summed E-state index contributed by atoms with van der Waals surface area (Å²) in [4.78, 5) is 34.0. The summed E-state index contributed by atoms with van der Waals surface area (Å²) in [6.45, 7) is 6.20. The third kappa shape index (κ3) is 4.78. The molecule has 1 aliphatic heterocycles. The molecule has 1 saturated heterocycles. The highest BCUT2D eigenvalue weighted by Gasteiger charge is 2.24. The van der Waals surface area contributed by atoms with Crippen LogP contribution < -0.4 is 4.90 Å². The third-order valence-electron chi connectivity index (χ3n) is 5.51. The molecule has 0 N–H and O–H groups in total. The smallest absolute Gasteiger partial charge is 0.337 e. The van der Waals surface area contributed by atoms with Crippen LogP contribution in [0.3, 0.4) is 0 Å². The molecule has 7 nitrogen and oxygen atoms in total. The maximum atomic E-state index is 13.5. The van der Waals surface area contributed by atoms with Crippen LogP contribution in [-0.2, 0) is 9.47 Å². The van der Waals surface area contributed by atoms with E-state index in [2.05, 4.69) is 4.90 Å². The van der Waals surface area contributed by atoms with Crippen molar-refractivity contribution in [2.75, 3.05) is 51.4 Å². The lowest BCUT2D eigenvalue weighted by atomic mass is 10.1. The lowest BCUT2D eigenvalue weighted by Crippen LogP contribution is -2.43. The first-order valence-corrected chi connectivity index (χ1v) is 11.5. The molecule has 1 aliphatic rings. The Balaban J connectivity index is 1.64. The Hall–Kier alpha value is -2.52. The quantitative estimate of drug-likeness (QED) is 0.503. The number of aromatic nitrogens is 1. The number of halogens is 1. The Morgan fingerprint density at radius 2 is 1.84 bits per heavy atom. The summed E-state index contributed by atoms with van der Waals surface area (Å²) < 4.78 is 11.2. The molecule has 4 rings (SSSR count). The minimum atomic E-state index is -0.438. The van der Waals surface area contributed by atoms with Gasteiger partial charge in [0, 0.05) is 36.8 Å². The number of morpholine rings is 1. The number of carbonyl (C=O) groups excluding carboxylic acids is 2. The van der Waals surface area contributed by atoms with Crippen molar-refractivity contribution in [2.45, 2.75) is 6.92 Å². The van der Waals surface area contributed by atoms with Gasteiger partial charge in [0.05, 0.1) is 36.1 Å². The number of ether oxygens (including phenoxy) is 2. The van der Waals surface area contributed by atoms with Gasteiger partial charge in [-0.25, -0.2) is 9.78 Å². The lowest BCUT2D eigenvalue weighted by Gasteiger charge is -2.29. The van der Waals surface area contributed by atoms with Gasteiger partial charge in [-0.3, -0.25) is 14.6 Å². The minimum absolute atomic E-state index is 0.169. The average molecular weight is 474 g/mol. The predicted octanol–water partition coefficient (Wildman–Crippen LogP) is 4.02. The molecule has 32 heavy (non-hydrogen) atoms. The van der Waals surface area contributed by atoms with Crippen molar-refractivity contribution >= 4 is 50.2 Å². The maximum Gasteiger partial charge on any atom is 0.337 e. The summed E-state index contributed by atoms with van der Waals surface area (Å²) in [7, 11) is 1.33. The van der Waals surface area contributed by atoms with Gasteiger partial charge in [-0.05, 0) is 48.9 Å². The molecular formula is C23H24ClN3O4S. The van der Waals surface area contributed by atoms with Crippen molar-refractivity contribution in [2.24, 2.45) is 0 Å². The van der Waals surface area contributed by atoms with Gasteiger partial charge in [0.15, 0.2) is 5.13 Å². The van der Waals surface area contributed by atoms with Crippen LogP contribution in [-0.4, -0.2) is 68.3 Å². The topological polar surface area (TPSA) is 72.0 Å². The van der Waals surface area contributed by atoms with Crippen molar-refractivity contribution < 1.29 is 19.1 Å². The van der Waals surface area contributed by atoms with E-state index in [1.165, 1.54) is 18.4 Å². The first kappa shape index (κ1) is 22.7. The molecule has 9 heteroatoms. The molecule has 2 heterocycles. The van der Waals surface area contributed by atoms with E-state index in [1.54, 1.807) is 29.2 Å².